The summed E-state index contributed by atoms with van der Waals surface area (Å²) in [6.07, 6.45) is 3.46. The molecule has 2 aromatic heterocycles. The number of amides is 1. The zero-order chi connectivity index (χ0) is 13.7. The fraction of sp³-hybridized carbons (Fsp3) is 0.500. The molecular formula is C14H18BrNOS2. The van der Waals surface area contributed by atoms with Crippen LogP contribution < -0.4 is 5.32 Å². The Bertz CT molecular complexity index is 500. The molecule has 1 atom stereocenters. The van der Waals surface area contributed by atoms with Gasteiger partial charge in [0, 0.05) is 21.3 Å². The second-order valence-corrected chi connectivity index (χ2v) is 7.43. The summed E-state index contributed by atoms with van der Waals surface area (Å²) in [5.74, 6) is 0.651. The van der Waals surface area contributed by atoms with Crippen LogP contribution in [0.1, 0.15) is 35.9 Å². The summed E-state index contributed by atoms with van der Waals surface area (Å²) in [5.41, 5.74) is 0. The highest BCUT2D eigenvalue weighted by Crippen LogP contribution is 2.29. The van der Waals surface area contributed by atoms with Crippen molar-refractivity contribution in [2.24, 2.45) is 5.92 Å². The van der Waals surface area contributed by atoms with Crippen LogP contribution in [-0.2, 0) is 0 Å². The van der Waals surface area contributed by atoms with Crippen LogP contribution in [0.25, 0.3) is 9.40 Å². The molecule has 0 saturated heterocycles. The van der Waals surface area contributed by atoms with Gasteiger partial charge in [-0.15, -0.1) is 22.7 Å². The smallest absolute Gasteiger partial charge is 0.261 e. The topological polar surface area (TPSA) is 29.1 Å². The Kier molecular flexibility index (Phi) is 5.85. The molecule has 1 amide bonds. The van der Waals surface area contributed by atoms with E-state index in [0.717, 1.165) is 23.2 Å². The summed E-state index contributed by atoms with van der Waals surface area (Å²) in [7, 11) is 0. The molecule has 104 valence electrons. The van der Waals surface area contributed by atoms with E-state index < -0.39 is 0 Å². The van der Waals surface area contributed by atoms with E-state index in [4.69, 9.17) is 0 Å². The van der Waals surface area contributed by atoms with Crippen molar-refractivity contribution >= 4 is 53.9 Å². The highest BCUT2D eigenvalue weighted by molar-refractivity contribution is 9.09. The Morgan fingerprint density at radius 1 is 1.42 bits per heavy atom. The van der Waals surface area contributed by atoms with E-state index in [9.17, 15) is 4.79 Å². The second-order valence-electron chi connectivity index (χ2n) is 4.60. The van der Waals surface area contributed by atoms with Gasteiger partial charge in [-0.05, 0) is 36.3 Å². The Balaban J connectivity index is 1.91. The molecule has 2 rings (SSSR count). The van der Waals surface area contributed by atoms with E-state index in [1.165, 1.54) is 22.2 Å². The zero-order valence-electron chi connectivity index (χ0n) is 10.9. The molecule has 2 nitrogen and oxygen atoms in total. The van der Waals surface area contributed by atoms with Gasteiger partial charge in [-0.3, -0.25) is 4.79 Å². The van der Waals surface area contributed by atoms with Crippen LogP contribution in [-0.4, -0.2) is 17.8 Å². The number of carbonyl (C=O) groups excluding carboxylic acids is 1. The Morgan fingerprint density at radius 3 is 2.95 bits per heavy atom. The lowest BCUT2D eigenvalue weighted by molar-refractivity contribution is 0.0950. The first-order valence-corrected chi connectivity index (χ1v) is 9.37. The average Bonchev–Trinajstić information content (AvgIpc) is 2.96. The van der Waals surface area contributed by atoms with Gasteiger partial charge >= 0.3 is 0 Å². The van der Waals surface area contributed by atoms with Gasteiger partial charge in [-0.2, -0.15) is 0 Å². The number of thiophene rings is 2. The molecule has 19 heavy (non-hydrogen) atoms. The molecule has 0 aromatic carbocycles. The third-order valence-electron chi connectivity index (χ3n) is 3.13. The highest BCUT2D eigenvalue weighted by atomic mass is 79.9. The standard InChI is InChI=1S/C14H18BrNOS2/c1-2-3-10(4-6-15)9-16-14(17)13-8-12-11(19-13)5-7-18-12/h5,7-8,10H,2-4,6,9H2,1H3,(H,16,17). The molecule has 0 fully saturated rings. The van der Waals surface area contributed by atoms with E-state index in [-0.39, 0.29) is 5.91 Å². The van der Waals surface area contributed by atoms with E-state index in [1.807, 2.05) is 6.07 Å². The second kappa shape index (κ2) is 7.41. The molecule has 0 saturated carbocycles. The van der Waals surface area contributed by atoms with Crippen LogP contribution in [0.5, 0.6) is 0 Å². The zero-order valence-corrected chi connectivity index (χ0v) is 14.2. The quantitative estimate of drug-likeness (QED) is 0.700. The van der Waals surface area contributed by atoms with Crippen molar-refractivity contribution < 1.29 is 4.79 Å². The lowest BCUT2D eigenvalue weighted by Crippen LogP contribution is -2.29. The summed E-state index contributed by atoms with van der Waals surface area (Å²) in [6.45, 7) is 2.97. The average molecular weight is 360 g/mol. The van der Waals surface area contributed by atoms with Crippen LogP contribution in [0.2, 0.25) is 0 Å². The summed E-state index contributed by atoms with van der Waals surface area (Å²) in [5, 5.41) is 6.14. The van der Waals surface area contributed by atoms with Gasteiger partial charge in [0.1, 0.15) is 0 Å². The van der Waals surface area contributed by atoms with Crippen LogP contribution in [0, 0.1) is 5.92 Å². The molecule has 0 aliphatic heterocycles. The molecule has 2 heterocycles. The molecular weight excluding hydrogens is 342 g/mol. The van der Waals surface area contributed by atoms with Crippen molar-refractivity contribution in [2.45, 2.75) is 26.2 Å². The van der Waals surface area contributed by atoms with Gasteiger partial charge in [0.15, 0.2) is 0 Å². The largest absolute Gasteiger partial charge is 0.351 e. The minimum absolute atomic E-state index is 0.0732. The Hall–Kier alpha value is -0.390. The first-order chi connectivity index (χ1) is 9.24. The molecule has 0 spiro atoms. The molecule has 0 aliphatic carbocycles. The maximum absolute atomic E-state index is 12.1. The fourth-order valence-electron chi connectivity index (χ4n) is 2.11. The van der Waals surface area contributed by atoms with Crippen LogP contribution >= 0.6 is 38.6 Å². The van der Waals surface area contributed by atoms with Gasteiger partial charge in [-0.25, -0.2) is 0 Å². The van der Waals surface area contributed by atoms with Crippen molar-refractivity contribution in [1.82, 2.24) is 5.32 Å². The SMILES string of the molecule is CCCC(CCBr)CNC(=O)c1cc2sccc2s1. The molecule has 0 bridgehead atoms. The third-order valence-corrected chi connectivity index (χ3v) is 5.68. The van der Waals surface area contributed by atoms with Crippen LogP contribution in [0.3, 0.4) is 0 Å². The fourth-order valence-corrected chi connectivity index (χ4v) is 4.79. The van der Waals surface area contributed by atoms with E-state index >= 15 is 0 Å². The highest BCUT2D eigenvalue weighted by Gasteiger charge is 2.13. The number of hydrogen-bond acceptors (Lipinski definition) is 3. The van der Waals surface area contributed by atoms with Crippen molar-refractivity contribution in [1.29, 1.82) is 0 Å². The minimum atomic E-state index is 0.0732. The maximum Gasteiger partial charge on any atom is 0.261 e. The summed E-state index contributed by atoms with van der Waals surface area (Å²) in [6, 6.07) is 4.07. The van der Waals surface area contributed by atoms with Crippen molar-refractivity contribution in [3.05, 3.63) is 22.4 Å². The maximum atomic E-state index is 12.1. The van der Waals surface area contributed by atoms with Crippen molar-refractivity contribution in [3.8, 4) is 0 Å². The minimum Gasteiger partial charge on any atom is -0.351 e. The predicted octanol–water partition coefficient (Wildman–Crippen LogP) is 4.89. The van der Waals surface area contributed by atoms with Gasteiger partial charge < -0.3 is 5.32 Å². The van der Waals surface area contributed by atoms with Gasteiger partial charge in [0.25, 0.3) is 5.91 Å². The number of carbonyl (C=O) groups is 1. The monoisotopic (exact) mass is 359 g/mol. The molecule has 1 N–H and O–H groups in total. The van der Waals surface area contributed by atoms with E-state index in [1.54, 1.807) is 22.7 Å². The van der Waals surface area contributed by atoms with Gasteiger partial charge in [-0.1, -0.05) is 29.3 Å². The molecule has 5 heteroatoms. The lowest BCUT2D eigenvalue weighted by Gasteiger charge is -2.15. The van der Waals surface area contributed by atoms with E-state index in [2.05, 4.69) is 39.6 Å². The third kappa shape index (κ3) is 4.04. The Labute approximate surface area is 130 Å². The van der Waals surface area contributed by atoms with Crippen LogP contribution in [0.15, 0.2) is 17.5 Å². The number of alkyl halides is 1. The van der Waals surface area contributed by atoms with Gasteiger partial charge in [0.2, 0.25) is 0 Å². The molecule has 0 aliphatic rings. The number of nitrogens with one attached hydrogen (secondary N) is 1. The first-order valence-electron chi connectivity index (χ1n) is 6.55. The lowest BCUT2D eigenvalue weighted by atomic mass is 10.0. The van der Waals surface area contributed by atoms with Crippen LogP contribution in [0.4, 0.5) is 0 Å². The molecule has 0 radical (unpaired) electrons. The number of rotatable bonds is 7. The van der Waals surface area contributed by atoms with E-state index in [0.29, 0.717) is 5.92 Å². The summed E-state index contributed by atoms with van der Waals surface area (Å²) < 4.78 is 2.42. The first kappa shape index (κ1) is 15.0. The number of halogens is 1. The summed E-state index contributed by atoms with van der Waals surface area (Å²) >= 11 is 6.75. The number of hydrogen-bond donors (Lipinski definition) is 1. The number of fused-ring (bicyclic) bond motifs is 1. The Morgan fingerprint density at radius 2 is 2.26 bits per heavy atom. The van der Waals surface area contributed by atoms with Crippen molar-refractivity contribution in [2.75, 3.05) is 11.9 Å². The summed E-state index contributed by atoms with van der Waals surface area (Å²) in [4.78, 5) is 12.9. The van der Waals surface area contributed by atoms with Crippen molar-refractivity contribution in [3.63, 3.8) is 0 Å². The molecule has 2 aromatic rings. The normalized spacial score (nSPS) is 12.7. The predicted molar refractivity (Wildman–Crippen MR) is 88.8 cm³/mol. The molecule has 1 unspecified atom stereocenters. The van der Waals surface area contributed by atoms with Gasteiger partial charge in [0.05, 0.1) is 4.88 Å².